The van der Waals surface area contributed by atoms with E-state index in [0.717, 1.165) is 22.1 Å². The number of amides is 1. The molecule has 0 radical (unpaired) electrons. The molecular weight excluding hydrogens is 382 g/mol. The number of fused-ring (bicyclic) bond motifs is 1. The van der Waals surface area contributed by atoms with Crippen LogP contribution in [0.1, 0.15) is 10.6 Å². The van der Waals surface area contributed by atoms with E-state index in [1.807, 2.05) is 47.8 Å². The van der Waals surface area contributed by atoms with Crippen molar-refractivity contribution in [3.05, 3.63) is 64.7 Å². The Morgan fingerprint density at radius 1 is 1.11 bits per heavy atom. The summed E-state index contributed by atoms with van der Waals surface area (Å²) in [5, 5.41) is 2.02. The minimum Gasteiger partial charge on any atom is -0.486 e. The Kier molecular flexibility index (Phi) is 5.69. The van der Waals surface area contributed by atoms with Crippen molar-refractivity contribution < 1.29 is 18.7 Å². The molecule has 0 atom stereocenters. The molecule has 3 aromatic rings. The number of furan rings is 1. The normalized spacial score (nSPS) is 12.7. The van der Waals surface area contributed by atoms with Crippen LogP contribution in [0.3, 0.4) is 0 Å². The zero-order valence-corrected chi connectivity index (χ0v) is 16.3. The Morgan fingerprint density at radius 3 is 2.78 bits per heavy atom. The zero-order valence-electron chi connectivity index (χ0n) is 14.6. The Hall–Kier alpha value is -2.38. The fourth-order valence-corrected chi connectivity index (χ4v) is 4.28. The van der Waals surface area contributed by atoms with E-state index in [9.17, 15) is 4.79 Å². The summed E-state index contributed by atoms with van der Waals surface area (Å²) in [7, 11) is 0. The van der Waals surface area contributed by atoms with Gasteiger partial charge in [0.1, 0.15) is 19.0 Å². The van der Waals surface area contributed by atoms with Gasteiger partial charge in [-0.05, 0) is 35.7 Å². The lowest BCUT2D eigenvalue weighted by Gasteiger charge is -2.25. The molecule has 0 unspecified atom stereocenters. The van der Waals surface area contributed by atoms with E-state index in [4.69, 9.17) is 13.9 Å². The van der Waals surface area contributed by atoms with Crippen molar-refractivity contribution in [2.45, 2.75) is 12.3 Å². The first kappa shape index (κ1) is 18.0. The third-order valence-corrected chi connectivity index (χ3v) is 5.88. The highest BCUT2D eigenvalue weighted by molar-refractivity contribution is 7.99. The smallest absolute Gasteiger partial charge is 0.237 e. The second kappa shape index (κ2) is 8.54. The molecule has 0 bridgehead atoms. The van der Waals surface area contributed by atoms with Crippen LogP contribution in [0.15, 0.2) is 58.5 Å². The highest BCUT2D eigenvalue weighted by Gasteiger charge is 2.20. The molecule has 0 spiro atoms. The van der Waals surface area contributed by atoms with E-state index < -0.39 is 0 Å². The average molecular weight is 402 g/mol. The van der Waals surface area contributed by atoms with Gasteiger partial charge in [-0.25, -0.2) is 0 Å². The van der Waals surface area contributed by atoms with E-state index in [1.54, 1.807) is 34.3 Å². The quantitative estimate of drug-likeness (QED) is 0.580. The molecule has 7 heteroatoms. The molecule has 140 valence electrons. The van der Waals surface area contributed by atoms with Crippen molar-refractivity contribution in [1.29, 1.82) is 0 Å². The molecule has 0 fully saturated rings. The van der Waals surface area contributed by atoms with E-state index >= 15 is 0 Å². The lowest BCUT2D eigenvalue weighted by molar-refractivity contribution is -0.116. The van der Waals surface area contributed by atoms with Crippen LogP contribution in [0.2, 0.25) is 0 Å². The molecule has 1 aliphatic heterocycles. The fourth-order valence-electron chi connectivity index (χ4n) is 2.79. The number of thioether (sulfide) groups is 1. The van der Waals surface area contributed by atoms with Crippen molar-refractivity contribution in [3.8, 4) is 11.5 Å². The van der Waals surface area contributed by atoms with Crippen LogP contribution in [0.4, 0.5) is 5.69 Å². The zero-order chi connectivity index (χ0) is 18.5. The SMILES string of the molecule is O=C(CSCc1ccco1)N(Cc1cccs1)c1ccc2c(c1)OCCO2. The molecule has 0 saturated heterocycles. The van der Waals surface area contributed by atoms with Gasteiger partial charge in [0.25, 0.3) is 0 Å². The molecular formula is C20H19NO4S2. The molecule has 1 amide bonds. The Labute approximate surface area is 165 Å². The number of rotatable bonds is 7. The van der Waals surface area contributed by atoms with Gasteiger partial charge in [-0.2, -0.15) is 0 Å². The maximum Gasteiger partial charge on any atom is 0.237 e. The van der Waals surface area contributed by atoms with E-state index in [-0.39, 0.29) is 5.91 Å². The van der Waals surface area contributed by atoms with Crippen LogP contribution < -0.4 is 14.4 Å². The monoisotopic (exact) mass is 401 g/mol. The lowest BCUT2D eigenvalue weighted by atomic mass is 10.2. The second-order valence-corrected chi connectivity index (χ2v) is 7.98. The summed E-state index contributed by atoms with van der Waals surface area (Å²) in [4.78, 5) is 15.9. The molecule has 5 nitrogen and oxygen atoms in total. The van der Waals surface area contributed by atoms with Crippen LogP contribution in [0.25, 0.3) is 0 Å². The summed E-state index contributed by atoms with van der Waals surface area (Å²) >= 11 is 3.19. The highest BCUT2D eigenvalue weighted by atomic mass is 32.2. The summed E-state index contributed by atoms with van der Waals surface area (Å²) in [6.45, 7) is 1.61. The molecule has 3 heterocycles. The van der Waals surface area contributed by atoms with Crippen LogP contribution in [-0.4, -0.2) is 24.9 Å². The van der Waals surface area contributed by atoms with Crippen molar-refractivity contribution in [2.75, 3.05) is 23.9 Å². The molecule has 1 aliphatic rings. The molecule has 0 aliphatic carbocycles. The molecule has 0 saturated carbocycles. The van der Waals surface area contributed by atoms with Crippen LogP contribution in [-0.2, 0) is 17.1 Å². The first-order valence-corrected chi connectivity index (χ1v) is 10.7. The molecule has 0 N–H and O–H groups in total. The summed E-state index contributed by atoms with van der Waals surface area (Å²) < 4.78 is 16.6. The van der Waals surface area contributed by atoms with Gasteiger partial charge in [0, 0.05) is 16.6 Å². The minimum absolute atomic E-state index is 0.0524. The number of carbonyl (C=O) groups excluding carboxylic acids is 1. The maximum atomic E-state index is 13.0. The third-order valence-electron chi connectivity index (χ3n) is 4.08. The van der Waals surface area contributed by atoms with E-state index in [1.165, 1.54) is 0 Å². The number of ether oxygens (including phenoxy) is 2. The summed E-state index contributed by atoms with van der Waals surface area (Å²) in [5.74, 6) is 3.38. The number of nitrogens with zero attached hydrogens (tertiary/aromatic N) is 1. The predicted molar refractivity (Wildman–Crippen MR) is 108 cm³/mol. The second-order valence-electron chi connectivity index (χ2n) is 5.96. The topological polar surface area (TPSA) is 51.9 Å². The van der Waals surface area contributed by atoms with Gasteiger partial charge >= 0.3 is 0 Å². The number of carbonyl (C=O) groups is 1. The molecule has 1 aromatic carbocycles. The molecule has 2 aromatic heterocycles. The minimum atomic E-state index is 0.0524. The number of thiophene rings is 1. The predicted octanol–water partition coefficient (Wildman–Crippen LogP) is 4.58. The van der Waals surface area contributed by atoms with Crippen LogP contribution in [0.5, 0.6) is 11.5 Å². The van der Waals surface area contributed by atoms with Gasteiger partial charge in [-0.3, -0.25) is 4.79 Å². The summed E-state index contributed by atoms with van der Waals surface area (Å²) in [5.41, 5.74) is 0.816. The van der Waals surface area contributed by atoms with Gasteiger partial charge in [-0.15, -0.1) is 23.1 Å². The lowest BCUT2D eigenvalue weighted by Crippen LogP contribution is -2.31. The van der Waals surface area contributed by atoms with Crippen LogP contribution >= 0.6 is 23.1 Å². The number of hydrogen-bond donors (Lipinski definition) is 0. The maximum absolute atomic E-state index is 13.0. The van der Waals surface area contributed by atoms with Crippen molar-refractivity contribution >= 4 is 34.7 Å². The Bertz CT molecular complexity index is 878. The van der Waals surface area contributed by atoms with Gasteiger partial charge in [0.2, 0.25) is 5.91 Å². The number of hydrogen-bond acceptors (Lipinski definition) is 6. The molecule has 27 heavy (non-hydrogen) atoms. The van der Waals surface area contributed by atoms with Gasteiger partial charge < -0.3 is 18.8 Å². The van der Waals surface area contributed by atoms with E-state index in [2.05, 4.69) is 0 Å². The fraction of sp³-hybridized carbons (Fsp3) is 0.250. The Morgan fingerprint density at radius 2 is 2.00 bits per heavy atom. The number of anilines is 1. The van der Waals surface area contributed by atoms with Gasteiger partial charge in [0.15, 0.2) is 11.5 Å². The average Bonchev–Trinajstić information content (AvgIpc) is 3.40. The summed E-state index contributed by atoms with van der Waals surface area (Å²) in [6, 6.07) is 13.5. The first-order valence-electron chi connectivity index (χ1n) is 8.62. The first-order chi connectivity index (χ1) is 13.3. The number of benzene rings is 1. The largest absolute Gasteiger partial charge is 0.486 e. The van der Waals surface area contributed by atoms with Crippen molar-refractivity contribution in [3.63, 3.8) is 0 Å². The Balaban J connectivity index is 1.50. The molecule has 4 rings (SSSR count). The third kappa shape index (κ3) is 4.48. The van der Waals surface area contributed by atoms with Crippen LogP contribution in [0, 0.1) is 0 Å². The van der Waals surface area contributed by atoms with Gasteiger partial charge in [-0.1, -0.05) is 6.07 Å². The standard InChI is InChI=1S/C20H19NO4S2/c22-20(14-26-13-16-3-1-7-23-16)21(12-17-4-2-10-27-17)15-5-6-18-19(11-15)25-9-8-24-18/h1-7,10-11H,8-9,12-14H2. The van der Waals surface area contributed by atoms with E-state index in [0.29, 0.717) is 37.0 Å². The van der Waals surface area contributed by atoms with Crippen molar-refractivity contribution in [1.82, 2.24) is 0 Å². The highest BCUT2D eigenvalue weighted by Crippen LogP contribution is 2.35. The van der Waals surface area contributed by atoms with Gasteiger partial charge in [0.05, 0.1) is 24.3 Å². The summed E-state index contributed by atoms with van der Waals surface area (Å²) in [6.07, 6.45) is 1.65. The van der Waals surface area contributed by atoms with Crippen molar-refractivity contribution in [2.24, 2.45) is 0 Å².